The minimum atomic E-state index is -0.918. The maximum absolute atomic E-state index is 12.0. The van der Waals surface area contributed by atoms with Gasteiger partial charge >= 0.3 is 5.97 Å². The van der Waals surface area contributed by atoms with E-state index in [1.54, 1.807) is 4.90 Å². The lowest BCUT2D eigenvalue weighted by Crippen LogP contribution is -2.37. The Bertz CT molecular complexity index is 492. The number of carboxylic acids is 1. The van der Waals surface area contributed by atoms with Crippen LogP contribution < -0.4 is 5.32 Å². The summed E-state index contributed by atoms with van der Waals surface area (Å²) in [6.07, 6.45) is 0.809. The minimum absolute atomic E-state index is 0. The molecule has 2 N–H and O–H groups in total. The number of hydrogen-bond acceptors (Lipinski definition) is 3. The van der Waals surface area contributed by atoms with Gasteiger partial charge in [0.2, 0.25) is 5.91 Å². The fourth-order valence-electron chi connectivity index (χ4n) is 2.10. The second-order valence-corrected chi connectivity index (χ2v) is 5.43. The van der Waals surface area contributed by atoms with Gasteiger partial charge in [0.05, 0.1) is 13.1 Å². The van der Waals surface area contributed by atoms with E-state index in [2.05, 4.69) is 19.2 Å². The fourth-order valence-corrected chi connectivity index (χ4v) is 2.10. The molecule has 1 amide bonds. The number of hydrogen-bond donors (Lipinski definition) is 2. The SMILES string of the molecule is CCCN(CC(=O)O)CC(=O)Nc1cccc(C(C)C)c1.Cl. The highest BCUT2D eigenvalue weighted by Gasteiger charge is 2.13. The summed E-state index contributed by atoms with van der Waals surface area (Å²) in [5, 5.41) is 11.7. The highest BCUT2D eigenvalue weighted by atomic mass is 35.5. The molecular weight excluding hydrogens is 304 g/mol. The third kappa shape index (κ3) is 7.43. The first kappa shape index (κ1) is 20.4. The largest absolute Gasteiger partial charge is 0.480 e. The van der Waals surface area contributed by atoms with Gasteiger partial charge in [0.25, 0.3) is 0 Å². The van der Waals surface area contributed by atoms with E-state index < -0.39 is 5.97 Å². The molecule has 1 aromatic rings. The van der Waals surface area contributed by atoms with Gasteiger partial charge in [-0.3, -0.25) is 14.5 Å². The van der Waals surface area contributed by atoms with Gasteiger partial charge in [-0.2, -0.15) is 0 Å². The summed E-state index contributed by atoms with van der Waals surface area (Å²) in [4.78, 5) is 24.4. The van der Waals surface area contributed by atoms with Gasteiger partial charge in [-0.05, 0) is 36.6 Å². The molecule has 0 atom stereocenters. The van der Waals surface area contributed by atoms with Crippen molar-refractivity contribution < 1.29 is 14.7 Å². The zero-order valence-electron chi connectivity index (χ0n) is 13.3. The Morgan fingerprint density at radius 2 is 1.95 bits per heavy atom. The van der Waals surface area contributed by atoms with E-state index in [1.807, 2.05) is 31.2 Å². The zero-order valence-corrected chi connectivity index (χ0v) is 14.2. The second kappa shape index (κ2) is 10.2. The van der Waals surface area contributed by atoms with Crippen molar-refractivity contribution in [3.63, 3.8) is 0 Å². The fraction of sp³-hybridized carbons (Fsp3) is 0.500. The third-order valence-electron chi connectivity index (χ3n) is 3.10. The van der Waals surface area contributed by atoms with E-state index in [0.717, 1.165) is 17.7 Å². The molecule has 0 aliphatic rings. The van der Waals surface area contributed by atoms with Crippen molar-refractivity contribution in [3.05, 3.63) is 29.8 Å². The molecule has 124 valence electrons. The van der Waals surface area contributed by atoms with Crippen molar-refractivity contribution in [2.45, 2.75) is 33.1 Å². The summed E-state index contributed by atoms with van der Waals surface area (Å²) in [5.74, 6) is -0.714. The standard InChI is InChI=1S/C16H24N2O3.ClH/c1-4-8-18(11-16(20)21)10-15(19)17-14-7-5-6-13(9-14)12(2)3;/h5-7,9,12H,4,8,10-11H2,1-3H3,(H,17,19)(H,20,21);1H. The van der Waals surface area contributed by atoms with Crippen molar-refractivity contribution in [2.75, 3.05) is 25.0 Å². The van der Waals surface area contributed by atoms with Crippen LogP contribution in [0.15, 0.2) is 24.3 Å². The van der Waals surface area contributed by atoms with E-state index in [9.17, 15) is 9.59 Å². The van der Waals surface area contributed by atoms with E-state index in [-0.39, 0.29) is 31.4 Å². The lowest BCUT2D eigenvalue weighted by molar-refractivity contribution is -0.138. The Morgan fingerprint density at radius 1 is 1.27 bits per heavy atom. The first-order chi connectivity index (χ1) is 9.92. The summed E-state index contributed by atoms with van der Waals surface area (Å²) < 4.78 is 0. The van der Waals surface area contributed by atoms with Gasteiger partial charge < -0.3 is 10.4 Å². The summed E-state index contributed by atoms with van der Waals surface area (Å²) in [6.45, 7) is 6.71. The maximum Gasteiger partial charge on any atom is 0.317 e. The van der Waals surface area contributed by atoms with E-state index >= 15 is 0 Å². The Hall–Kier alpha value is -1.59. The van der Waals surface area contributed by atoms with Crippen LogP contribution in [0, 0.1) is 0 Å². The molecule has 1 aromatic carbocycles. The minimum Gasteiger partial charge on any atom is -0.480 e. The van der Waals surface area contributed by atoms with Crippen molar-refractivity contribution in [1.82, 2.24) is 4.90 Å². The van der Waals surface area contributed by atoms with E-state index in [1.165, 1.54) is 0 Å². The van der Waals surface area contributed by atoms with Gasteiger partial charge in [0, 0.05) is 5.69 Å². The van der Waals surface area contributed by atoms with Crippen LogP contribution in [-0.4, -0.2) is 41.5 Å². The molecule has 0 unspecified atom stereocenters. The van der Waals surface area contributed by atoms with Crippen LogP contribution >= 0.6 is 12.4 Å². The topological polar surface area (TPSA) is 69.6 Å². The van der Waals surface area contributed by atoms with Crippen LogP contribution in [0.5, 0.6) is 0 Å². The average molecular weight is 329 g/mol. The molecule has 0 aliphatic heterocycles. The molecule has 22 heavy (non-hydrogen) atoms. The molecule has 5 nitrogen and oxygen atoms in total. The van der Waals surface area contributed by atoms with Gasteiger partial charge in [-0.15, -0.1) is 12.4 Å². The van der Waals surface area contributed by atoms with Crippen molar-refractivity contribution in [1.29, 1.82) is 0 Å². The van der Waals surface area contributed by atoms with Crippen molar-refractivity contribution in [3.8, 4) is 0 Å². The van der Waals surface area contributed by atoms with Crippen LogP contribution in [0.1, 0.15) is 38.7 Å². The number of carbonyl (C=O) groups is 2. The molecule has 0 bridgehead atoms. The van der Waals surface area contributed by atoms with Crippen LogP contribution in [0.2, 0.25) is 0 Å². The van der Waals surface area contributed by atoms with Crippen LogP contribution in [0.3, 0.4) is 0 Å². The van der Waals surface area contributed by atoms with E-state index in [0.29, 0.717) is 12.5 Å². The Kier molecular flexibility index (Phi) is 9.45. The zero-order chi connectivity index (χ0) is 15.8. The number of amides is 1. The number of halogens is 1. The summed E-state index contributed by atoms with van der Waals surface area (Å²) >= 11 is 0. The monoisotopic (exact) mass is 328 g/mol. The summed E-state index contributed by atoms with van der Waals surface area (Å²) in [7, 11) is 0. The van der Waals surface area contributed by atoms with Gasteiger partial charge in [0.1, 0.15) is 0 Å². The maximum atomic E-state index is 12.0. The normalized spacial score (nSPS) is 10.4. The number of aliphatic carboxylic acids is 1. The van der Waals surface area contributed by atoms with Gasteiger partial charge in [0.15, 0.2) is 0 Å². The highest BCUT2D eigenvalue weighted by molar-refractivity contribution is 5.92. The van der Waals surface area contributed by atoms with Crippen LogP contribution in [0.4, 0.5) is 5.69 Å². The van der Waals surface area contributed by atoms with Gasteiger partial charge in [-0.25, -0.2) is 0 Å². The number of nitrogens with zero attached hydrogens (tertiary/aromatic N) is 1. The first-order valence-electron chi connectivity index (χ1n) is 7.26. The number of anilines is 1. The molecule has 1 rings (SSSR count). The molecule has 0 heterocycles. The lowest BCUT2D eigenvalue weighted by Gasteiger charge is -2.19. The number of rotatable bonds is 8. The van der Waals surface area contributed by atoms with Crippen molar-refractivity contribution >= 4 is 30.0 Å². The van der Waals surface area contributed by atoms with Crippen molar-refractivity contribution in [2.24, 2.45) is 0 Å². The first-order valence-corrected chi connectivity index (χ1v) is 7.26. The van der Waals surface area contributed by atoms with Gasteiger partial charge in [-0.1, -0.05) is 32.9 Å². The molecule has 6 heteroatoms. The third-order valence-corrected chi connectivity index (χ3v) is 3.10. The molecule has 0 radical (unpaired) electrons. The smallest absolute Gasteiger partial charge is 0.317 e. The number of nitrogens with one attached hydrogen (secondary N) is 1. The molecule has 0 spiro atoms. The predicted molar refractivity (Wildman–Crippen MR) is 90.8 cm³/mol. The molecule has 0 aromatic heterocycles. The number of benzene rings is 1. The molecule has 0 saturated carbocycles. The average Bonchev–Trinajstić information content (AvgIpc) is 2.38. The van der Waals surface area contributed by atoms with E-state index in [4.69, 9.17) is 5.11 Å². The molecule has 0 fully saturated rings. The Labute approximate surface area is 138 Å². The quantitative estimate of drug-likeness (QED) is 0.769. The molecule has 0 saturated heterocycles. The Morgan fingerprint density at radius 3 is 2.50 bits per heavy atom. The molecular formula is C16H25ClN2O3. The summed E-state index contributed by atoms with van der Waals surface area (Å²) in [5.41, 5.74) is 1.90. The lowest BCUT2D eigenvalue weighted by atomic mass is 10.0. The van der Waals surface area contributed by atoms with Crippen LogP contribution in [0.25, 0.3) is 0 Å². The molecule has 0 aliphatic carbocycles. The van der Waals surface area contributed by atoms with Crippen LogP contribution in [-0.2, 0) is 9.59 Å². The highest BCUT2D eigenvalue weighted by Crippen LogP contribution is 2.18. The second-order valence-electron chi connectivity index (χ2n) is 5.43. The number of carboxylic acid groups (broad SMARTS) is 1. The number of carbonyl (C=O) groups excluding carboxylic acids is 1. The summed E-state index contributed by atoms with van der Waals surface area (Å²) in [6, 6.07) is 7.72. The Balaban J connectivity index is 0.00000441. The predicted octanol–water partition coefficient (Wildman–Crippen LogP) is 2.97.